The van der Waals surface area contributed by atoms with Gasteiger partial charge in [-0.05, 0) is 25.5 Å². The third-order valence-corrected chi connectivity index (χ3v) is 3.38. The Morgan fingerprint density at radius 2 is 2.22 bits per heavy atom. The van der Waals surface area contributed by atoms with E-state index in [1.807, 2.05) is 0 Å². The molecule has 1 aromatic heterocycles. The Labute approximate surface area is 111 Å². The second kappa shape index (κ2) is 6.56. The molecule has 0 fully saturated rings. The topological polar surface area (TPSA) is 64.9 Å². The van der Waals surface area contributed by atoms with Crippen LogP contribution >= 0.6 is 11.8 Å². The second-order valence-electron chi connectivity index (χ2n) is 4.13. The van der Waals surface area contributed by atoms with Gasteiger partial charge in [0.05, 0.1) is 0 Å². The monoisotopic (exact) mass is 263 g/mol. The number of thioether (sulfide) groups is 1. The van der Waals surface area contributed by atoms with Gasteiger partial charge in [-0.25, -0.2) is 0 Å². The Kier molecular flexibility index (Phi) is 4.78. The molecule has 0 saturated carbocycles. The third kappa shape index (κ3) is 3.85. The lowest BCUT2D eigenvalue weighted by atomic mass is 10.2. The molecule has 0 saturated heterocycles. The lowest BCUT2D eigenvalue weighted by molar-refractivity contribution is 0.410. The molecule has 0 radical (unpaired) electrons. The molecule has 0 aliphatic carbocycles. The van der Waals surface area contributed by atoms with Crippen LogP contribution in [-0.4, -0.2) is 16.7 Å². The van der Waals surface area contributed by atoms with Gasteiger partial charge < -0.3 is 10.2 Å². The van der Waals surface area contributed by atoms with Gasteiger partial charge in [-0.3, -0.25) is 0 Å². The van der Waals surface area contributed by atoms with Crippen LogP contribution in [-0.2, 0) is 12.2 Å². The van der Waals surface area contributed by atoms with Gasteiger partial charge in [-0.15, -0.1) is 10.2 Å². The summed E-state index contributed by atoms with van der Waals surface area (Å²) in [4.78, 5) is 0. The van der Waals surface area contributed by atoms with E-state index in [1.54, 1.807) is 11.8 Å². The summed E-state index contributed by atoms with van der Waals surface area (Å²) in [6.45, 7) is 2.74. The van der Waals surface area contributed by atoms with Gasteiger partial charge in [-0.2, -0.15) is 0 Å². The maximum absolute atomic E-state index is 5.52. The first-order valence-electron chi connectivity index (χ1n) is 5.98. The van der Waals surface area contributed by atoms with Crippen molar-refractivity contribution in [2.75, 3.05) is 6.54 Å². The molecule has 5 heteroatoms. The number of hydrogen-bond acceptors (Lipinski definition) is 5. The van der Waals surface area contributed by atoms with Crippen LogP contribution in [0.25, 0.3) is 0 Å². The van der Waals surface area contributed by atoms with E-state index in [0.717, 1.165) is 18.6 Å². The van der Waals surface area contributed by atoms with Crippen molar-refractivity contribution in [3.05, 3.63) is 41.3 Å². The first kappa shape index (κ1) is 13.1. The first-order valence-corrected chi connectivity index (χ1v) is 6.97. The highest BCUT2D eigenvalue weighted by Gasteiger charge is 2.06. The minimum Gasteiger partial charge on any atom is -0.416 e. The van der Waals surface area contributed by atoms with Crippen LogP contribution in [0.4, 0.5) is 0 Å². The Hall–Kier alpha value is -1.33. The number of aromatic nitrogens is 2. The number of rotatable bonds is 6. The van der Waals surface area contributed by atoms with Crippen LogP contribution in [0.1, 0.15) is 23.4 Å². The zero-order chi connectivity index (χ0) is 12.8. The summed E-state index contributed by atoms with van der Waals surface area (Å²) in [5, 5.41) is 8.63. The number of aryl methyl sites for hydroxylation is 2. The van der Waals surface area contributed by atoms with E-state index in [-0.39, 0.29) is 0 Å². The summed E-state index contributed by atoms with van der Waals surface area (Å²) >= 11 is 1.56. The highest BCUT2D eigenvalue weighted by atomic mass is 32.2. The van der Waals surface area contributed by atoms with Gasteiger partial charge in [0.15, 0.2) is 0 Å². The fourth-order valence-corrected chi connectivity index (χ4v) is 2.32. The quantitative estimate of drug-likeness (QED) is 0.811. The van der Waals surface area contributed by atoms with Gasteiger partial charge >= 0.3 is 0 Å². The predicted molar refractivity (Wildman–Crippen MR) is 72.4 cm³/mol. The van der Waals surface area contributed by atoms with Crippen LogP contribution in [0.3, 0.4) is 0 Å². The van der Waals surface area contributed by atoms with Crippen molar-refractivity contribution in [1.29, 1.82) is 0 Å². The fourth-order valence-electron chi connectivity index (χ4n) is 1.60. The van der Waals surface area contributed by atoms with E-state index < -0.39 is 0 Å². The molecule has 18 heavy (non-hydrogen) atoms. The molecular formula is C13H17N3OS. The minimum absolute atomic E-state index is 0.628. The van der Waals surface area contributed by atoms with Crippen molar-refractivity contribution in [2.45, 2.75) is 30.7 Å². The number of benzene rings is 1. The maximum Gasteiger partial charge on any atom is 0.276 e. The summed E-state index contributed by atoms with van der Waals surface area (Å²) < 4.78 is 5.52. The Morgan fingerprint density at radius 1 is 1.33 bits per heavy atom. The molecule has 0 bridgehead atoms. The summed E-state index contributed by atoms with van der Waals surface area (Å²) in [6, 6.07) is 8.42. The van der Waals surface area contributed by atoms with Crippen molar-refractivity contribution in [3.8, 4) is 0 Å². The van der Waals surface area contributed by atoms with E-state index in [4.69, 9.17) is 10.2 Å². The van der Waals surface area contributed by atoms with E-state index in [0.29, 0.717) is 17.7 Å². The molecule has 4 nitrogen and oxygen atoms in total. The van der Waals surface area contributed by atoms with Gasteiger partial charge in [0.25, 0.3) is 5.22 Å². The zero-order valence-corrected chi connectivity index (χ0v) is 11.2. The van der Waals surface area contributed by atoms with Gasteiger partial charge in [0.1, 0.15) is 0 Å². The molecule has 0 spiro atoms. The SMILES string of the molecule is Cc1cccc(CSc2nnc(CCCN)o2)c1. The number of nitrogens with zero attached hydrogens (tertiary/aromatic N) is 2. The van der Waals surface area contributed by atoms with E-state index in [1.165, 1.54) is 11.1 Å². The van der Waals surface area contributed by atoms with Gasteiger partial charge in [0, 0.05) is 12.2 Å². The molecule has 0 aliphatic rings. The second-order valence-corrected chi connectivity index (χ2v) is 5.06. The molecule has 2 aromatic rings. The van der Waals surface area contributed by atoms with Crippen LogP contribution in [0.2, 0.25) is 0 Å². The highest BCUT2D eigenvalue weighted by Crippen LogP contribution is 2.22. The molecule has 0 amide bonds. The maximum atomic E-state index is 5.52. The average Bonchev–Trinajstić information content (AvgIpc) is 2.82. The van der Waals surface area contributed by atoms with Crippen LogP contribution in [0, 0.1) is 6.92 Å². The largest absolute Gasteiger partial charge is 0.416 e. The van der Waals surface area contributed by atoms with Crippen molar-refractivity contribution in [1.82, 2.24) is 10.2 Å². The minimum atomic E-state index is 0.628. The molecule has 1 heterocycles. The Morgan fingerprint density at radius 3 is 3.00 bits per heavy atom. The van der Waals surface area contributed by atoms with Crippen molar-refractivity contribution < 1.29 is 4.42 Å². The molecule has 0 atom stereocenters. The van der Waals surface area contributed by atoms with E-state index >= 15 is 0 Å². The lowest BCUT2D eigenvalue weighted by Crippen LogP contribution is -2.00. The van der Waals surface area contributed by atoms with Crippen molar-refractivity contribution in [3.63, 3.8) is 0 Å². The zero-order valence-electron chi connectivity index (χ0n) is 10.4. The van der Waals surface area contributed by atoms with Gasteiger partial charge in [0.2, 0.25) is 5.89 Å². The smallest absolute Gasteiger partial charge is 0.276 e. The van der Waals surface area contributed by atoms with Crippen LogP contribution < -0.4 is 5.73 Å². The lowest BCUT2D eigenvalue weighted by Gasteiger charge is -1.99. The predicted octanol–water partition coefficient (Wildman–Crippen LogP) is 2.56. The molecule has 0 unspecified atom stereocenters. The molecule has 2 rings (SSSR count). The van der Waals surface area contributed by atoms with Crippen molar-refractivity contribution >= 4 is 11.8 Å². The fraction of sp³-hybridized carbons (Fsp3) is 0.385. The van der Waals surface area contributed by atoms with E-state index in [9.17, 15) is 0 Å². The summed E-state index contributed by atoms with van der Waals surface area (Å²) in [5.74, 6) is 1.52. The molecular weight excluding hydrogens is 246 g/mol. The summed E-state index contributed by atoms with van der Waals surface area (Å²) in [6.07, 6.45) is 1.64. The number of hydrogen-bond donors (Lipinski definition) is 1. The average molecular weight is 263 g/mol. The molecule has 96 valence electrons. The highest BCUT2D eigenvalue weighted by molar-refractivity contribution is 7.98. The van der Waals surface area contributed by atoms with Crippen molar-refractivity contribution in [2.24, 2.45) is 5.73 Å². The first-order chi connectivity index (χ1) is 8.78. The summed E-state index contributed by atoms with van der Waals surface area (Å²) in [5.41, 5.74) is 7.97. The molecule has 0 aliphatic heterocycles. The van der Waals surface area contributed by atoms with Crippen LogP contribution in [0.15, 0.2) is 33.9 Å². The summed E-state index contributed by atoms with van der Waals surface area (Å²) in [7, 11) is 0. The van der Waals surface area contributed by atoms with Crippen LogP contribution in [0.5, 0.6) is 0 Å². The molecule has 1 aromatic carbocycles. The normalized spacial score (nSPS) is 10.8. The van der Waals surface area contributed by atoms with Gasteiger partial charge in [-0.1, -0.05) is 41.6 Å². The number of nitrogens with two attached hydrogens (primary N) is 1. The Bertz CT molecular complexity index is 498. The Balaban J connectivity index is 1.88. The standard InChI is InChI=1S/C13H17N3OS/c1-10-4-2-5-11(8-10)9-18-13-16-15-12(17-13)6-3-7-14/h2,4-5,8H,3,6-7,9,14H2,1H3. The van der Waals surface area contributed by atoms with E-state index in [2.05, 4.69) is 41.4 Å². The molecule has 2 N–H and O–H groups in total. The third-order valence-electron chi connectivity index (χ3n) is 2.49.